The largest absolute Gasteiger partial charge is 0.335 e. The number of nitrogens with two attached hydrogens (primary N) is 1. The fraction of sp³-hybridized carbons (Fsp3) is 0.417. The summed E-state index contributed by atoms with van der Waals surface area (Å²) in [6, 6.07) is 8.34. The molecule has 1 aliphatic carbocycles. The highest BCUT2D eigenvalue weighted by atomic mass is 15.3. The van der Waals surface area contributed by atoms with Crippen molar-refractivity contribution in [2.75, 3.05) is 18.0 Å². The minimum atomic E-state index is 0.557. The van der Waals surface area contributed by atoms with Crippen molar-refractivity contribution in [2.24, 2.45) is 5.73 Å². The molecule has 0 atom stereocenters. The summed E-state index contributed by atoms with van der Waals surface area (Å²) in [4.78, 5) is 6.72. The number of anilines is 1. The molecule has 0 bridgehead atoms. The molecule has 1 saturated carbocycles. The fourth-order valence-electron chi connectivity index (χ4n) is 1.96. The number of para-hydroxylation sites is 1. The predicted molar refractivity (Wildman–Crippen MR) is 66.8 cm³/mol. The summed E-state index contributed by atoms with van der Waals surface area (Å²) in [5.74, 6) is 0.705. The van der Waals surface area contributed by atoms with Crippen LogP contribution >= 0.6 is 0 Å². The highest BCUT2D eigenvalue weighted by Gasteiger charge is 2.30. The van der Waals surface area contributed by atoms with Crippen LogP contribution in [0.25, 0.3) is 11.0 Å². The lowest BCUT2D eigenvalue weighted by atomic mass is 10.3. The van der Waals surface area contributed by atoms with Gasteiger partial charge < -0.3 is 10.6 Å². The maximum absolute atomic E-state index is 5.63. The molecule has 5 nitrogen and oxygen atoms in total. The van der Waals surface area contributed by atoms with E-state index in [1.165, 1.54) is 12.8 Å². The Morgan fingerprint density at radius 3 is 2.65 bits per heavy atom. The van der Waals surface area contributed by atoms with E-state index in [1.807, 2.05) is 24.3 Å². The molecule has 1 aromatic carbocycles. The lowest BCUT2D eigenvalue weighted by molar-refractivity contribution is 0.745. The van der Waals surface area contributed by atoms with Gasteiger partial charge in [0.15, 0.2) is 0 Å². The smallest absolute Gasteiger partial charge is 0.246 e. The van der Waals surface area contributed by atoms with Gasteiger partial charge in [-0.3, -0.25) is 0 Å². The van der Waals surface area contributed by atoms with E-state index in [9.17, 15) is 0 Å². The zero-order valence-electron chi connectivity index (χ0n) is 9.58. The van der Waals surface area contributed by atoms with Crippen molar-refractivity contribution >= 4 is 17.0 Å². The molecule has 0 unspecified atom stereocenters. The van der Waals surface area contributed by atoms with Gasteiger partial charge in [-0.2, -0.15) is 0 Å². The van der Waals surface area contributed by atoms with Crippen molar-refractivity contribution in [1.29, 1.82) is 0 Å². The first-order valence-corrected chi connectivity index (χ1v) is 5.94. The van der Waals surface area contributed by atoms with Crippen molar-refractivity contribution in [3.63, 3.8) is 0 Å². The van der Waals surface area contributed by atoms with Crippen LogP contribution in [0.4, 0.5) is 5.95 Å². The predicted octanol–water partition coefficient (Wildman–Crippen LogP) is 0.952. The maximum atomic E-state index is 5.63. The molecule has 0 amide bonds. The van der Waals surface area contributed by atoms with Crippen LogP contribution in [0.3, 0.4) is 0 Å². The van der Waals surface area contributed by atoms with Crippen LogP contribution in [0.2, 0.25) is 0 Å². The zero-order valence-corrected chi connectivity index (χ0v) is 9.58. The normalized spacial score (nSPS) is 15.1. The lowest BCUT2D eigenvalue weighted by Crippen LogP contribution is -2.33. The Morgan fingerprint density at radius 1 is 1.18 bits per heavy atom. The first-order chi connectivity index (χ1) is 8.38. The number of hydrogen-bond donors (Lipinski definition) is 1. The van der Waals surface area contributed by atoms with E-state index in [-0.39, 0.29) is 0 Å². The quantitative estimate of drug-likeness (QED) is 0.845. The van der Waals surface area contributed by atoms with Crippen LogP contribution in [0, 0.1) is 0 Å². The van der Waals surface area contributed by atoms with E-state index in [4.69, 9.17) is 5.73 Å². The number of hydrogen-bond acceptors (Lipinski definition) is 5. The van der Waals surface area contributed by atoms with Gasteiger partial charge in [0.2, 0.25) is 5.95 Å². The summed E-state index contributed by atoms with van der Waals surface area (Å²) in [5, 5.41) is 8.40. The van der Waals surface area contributed by atoms with E-state index in [2.05, 4.69) is 20.1 Å². The molecule has 3 rings (SSSR count). The molecular formula is C12H15N5. The van der Waals surface area contributed by atoms with Gasteiger partial charge in [-0.15, -0.1) is 10.2 Å². The Labute approximate surface area is 99.7 Å². The SMILES string of the molecule is NCCN(c1nnc2ccccc2n1)C1CC1. The highest BCUT2D eigenvalue weighted by molar-refractivity contribution is 5.74. The number of nitrogens with zero attached hydrogens (tertiary/aromatic N) is 4. The summed E-state index contributed by atoms with van der Waals surface area (Å²) in [6.07, 6.45) is 2.41. The standard InChI is InChI=1S/C12H15N5/c13-7-8-17(9-5-6-9)12-14-10-3-1-2-4-11(10)15-16-12/h1-4,9H,5-8,13H2. The molecule has 0 spiro atoms. The van der Waals surface area contributed by atoms with Crippen LogP contribution in [0.1, 0.15) is 12.8 Å². The van der Waals surface area contributed by atoms with Crippen LogP contribution in [-0.4, -0.2) is 34.3 Å². The van der Waals surface area contributed by atoms with Crippen LogP contribution in [0.5, 0.6) is 0 Å². The van der Waals surface area contributed by atoms with E-state index >= 15 is 0 Å². The maximum Gasteiger partial charge on any atom is 0.246 e. The van der Waals surface area contributed by atoms with Crippen LogP contribution in [0.15, 0.2) is 24.3 Å². The second-order valence-corrected chi connectivity index (χ2v) is 4.31. The molecule has 0 saturated heterocycles. The van der Waals surface area contributed by atoms with Gasteiger partial charge in [-0.05, 0) is 25.0 Å². The molecule has 1 aromatic heterocycles. The molecule has 0 aliphatic heterocycles. The third-order valence-corrected chi connectivity index (χ3v) is 2.96. The molecule has 17 heavy (non-hydrogen) atoms. The summed E-state index contributed by atoms with van der Waals surface area (Å²) in [7, 11) is 0. The Kier molecular flexibility index (Phi) is 2.60. The molecule has 2 N–H and O–H groups in total. The van der Waals surface area contributed by atoms with Gasteiger partial charge in [-0.25, -0.2) is 4.98 Å². The monoisotopic (exact) mass is 229 g/mol. The molecule has 1 fully saturated rings. The van der Waals surface area contributed by atoms with Crippen molar-refractivity contribution in [3.05, 3.63) is 24.3 Å². The van der Waals surface area contributed by atoms with Crippen molar-refractivity contribution < 1.29 is 0 Å². The van der Waals surface area contributed by atoms with Crippen LogP contribution in [-0.2, 0) is 0 Å². The first kappa shape index (κ1) is 10.4. The van der Waals surface area contributed by atoms with E-state index in [1.54, 1.807) is 0 Å². The second-order valence-electron chi connectivity index (χ2n) is 4.31. The van der Waals surface area contributed by atoms with Crippen molar-refractivity contribution in [1.82, 2.24) is 15.2 Å². The highest BCUT2D eigenvalue weighted by Crippen LogP contribution is 2.29. The van der Waals surface area contributed by atoms with Gasteiger partial charge in [0.05, 0.1) is 5.52 Å². The van der Waals surface area contributed by atoms with E-state index in [0.717, 1.165) is 17.6 Å². The van der Waals surface area contributed by atoms with Gasteiger partial charge >= 0.3 is 0 Å². The number of rotatable bonds is 4. The van der Waals surface area contributed by atoms with Crippen LogP contribution < -0.4 is 10.6 Å². The minimum absolute atomic E-state index is 0.557. The molecule has 5 heteroatoms. The van der Waals surface area contributed by atoms with Crippen molar-refractivity contribution in [2.45, 2.75) is 18.9 Å². The zero-order chi connectivity index (χ0) is 11.7. The Morgan fingerprint density at radius 2 is 1.94 bits per heavy atom. The summed E-state index contributed by atoms with van der Waals surface area (Å²) in [6.45, 7) is 1.41. The summed E-state index contributed by atoms with van der Waals surface area (Å²) in [5.41, 5.74) is 7.35. The van der Waals surface area contributed by atoms with Gasteiger partial charge in [0, 0.05) is 19.1 Å². The van der Waals surface area contributed by atoms with E-state index < -0.39 is 0 Å². The average molecular weight is 229 g/mol. The fourth-order valence-corrected chi connectivity index (χ4v) is 1.96. The number of fused-ring (bicyclic) bond motifs is 1. The second kappa shape index (κ2) is 4.25. The molecular weight excluding hydrogens is 214 g/mol. The van der Waals surface area contributed by atoms with Gasteiger partial charge in [0.25, 0.3) is 0 Å². The molecule has 2 aromatic rings. The topological polar surface area (TPSA) is 67.9 Å². The molecule has 0 radical (unpaired) electrons. The summed E-state index contributed by atoms with van der Waals surface area (Å²) >= 11 is 0. The Hall–Kier alpha value is -1.75. The number of aromatic nitrogens is 3. The lowest BCUT2D eigenvalue weighted by Gasteiger charge is -2.20. The minimum Gasteiger partial charge on any atom is -0.335 e. The Bertz CT molecular complexity index is 523. The third kappa shape index (κ3) is 2.06. The van der Waals surface area contributed by atoms with Crippen molar-refractivity contribution in [3.8, 4) is 0 Å². The number of benzene rings is 1. The molecule has 1 heterocycles. The Balaban J connectivity index is 1.97. The van der Waals surface area contributed by atoms with Gasteiger partial charge in [-0.1, -0.05) is 12.1 Å². The third-order valence-electron chi connectivity index (χ3n) is 2.96. The average Bonchev–Trinajstić information content (AvgIpc) is 3.20. The first-order valence-electron chi connectivity index (χ1n) is 5.94. The molecule has 88 valence electrons. The van der Waals surface area contributed by atoms with Gasteiger partial charge in [0.1, 0.15) is 5.52 Å². The van der Waals surface area contributed by atoms with E-state index in [0.29, 0.717) is 18.5 Å². The molecule has 1 aliphatic rings. The summed E-state index contributed by atoms with van der Waals surface area (Å²) < 4.78 is 0.